The van der Waals surface area contributed by atoms with Crippen molar-refractivity contribution in [2.24, 2.45) is 0 Å². The minimum absolute atomic E-state index is 0.203. The predicted molar refractivity (Wildman–Crippen MR) is 84.8 cm³/mol. The van der Waals surface area contributed by atoms with E-state index in [1.165, 1.54) is 0 Å². The van der Waals surface area contributed by atoms with Gasteiger partial charge in [0.2, 0.25) is 0 Å². The summed E-state index contributed by atoms with van der Waals surface area (Å²) in [6, 6.07) is 9.93. The normalized spacial score (nSPS) is 12.6. The Kier molecular flexibility index (Phi) is 5.67. The van der Waals surface area contributed by atoms with Crippen LogP contribution in [0.25, 0.3) is 0 Å². The van der Waals surface area contributed by atoms with Gasteiger partial charge in [-0.3, -0.25) is 4.90 Å². The van der Waals surface area contributed by atoms with Crippen LogP contribution in [0.4, 0.5) is 0 Å². The number of methoxy groups -OCH3 is 1. The van der Waals surface area contributed by atoms with E-state index in [9.17, 15) is 0 Å². The van der Waals surface area contributed by atoms with Gasteiger partial charge < -0.3 is 14.5 Å². The molecule has 2 aromatic rings. The molecule has 0 fully saturated rings. The first kappa shape index (κ1) is 15.9. The number of hydrogen-bond donors (Lipinski definition) is 1. The number of nitrogens with one attached hydrogen (secondary N) is 1. The second-order valence-electron chi connectivity index (χ2n) is 5.09. The zero-order valence-electron chi connectivity index (χ0n) is 12.6. The maximum Gasteiger partial charge on any atom is 0.137 e. The van der Waals surface area contributed by atoms with Gasteiger partial charge in [-0.1, -0.05) is 17.7 Å². The minimum Gasteiger partial charge on any atom is -0.495 e. The van der Waals surface area contributed by atoms with E-state index >= 15 is 0 Å². The van der Waals surface area contributed by atoms with Crippen molar-refractivity contribution in [3.63, 3.8) is 0 Å². The van der Waals surface area contributed by atoms with Crippen LogP contribution >= 0.6 is 11.6 Å². The molecule has 1 aromatic carbocycles. The van der Waals surface area contributed by atoms with E-state index in [1.54, 1.807) is 13.4 Å². The fourth-order valence-corrected chi connectivity index (χ4v) is 2.47. The van der Waals surface area contributed by atoms with E-state index in [1.807, 2.05) is 44.4 Å². The Morgan fingerprint density at radius 2 is 2.14 bits per heavy atom. The summed E-state index contributed by atoms with van der Waals surface area (Å²) in [6.07, 6.45) is 1.70. The Hall–Kier alpha value is -1.49. The molecule has 0 spiro atoms. The highest BCUT2D eigenvalue weighted by Crippen LogP contribution is 2.25. The SMILES string of the molecule is COc1ccc(CNCC(c2ccco2)N(C)C)cc1Cl. The van der Waals surface area contributed by atoms with E-state index < -0.39 is 0 Å². The van der Waals surface area contributed by atoms with E-state index in [0.29, 0.717) is 10.8 Å². The molecular formula is C16H21ClN2O2. The number of rotatable bonds is 7. The summed E-state index contributed by atoms with van der Waals surface area (Å²) < 4.78 is 10.6. The summed E-state index contributed by atoms with van der Waals surface area (Å²) in [6.45, 7) is 1.54. The van der Waals surface area contributed by atoms with Gasteiger partial charge in [0, 0.05) is 13.1 Å². The first-order valence-electron chi connectivity index (χ1n) is 6.84. The molecule has 4 nitrogen and oxygen atoms in total. The third-order valence-corrected chi connectivity index (χ3v) is 3.67. The lowest BCUT2D eigenvalue weighted by Crippen LogP contribution is -2.30. The summed E-state index contributed by atoms with van der Waals surface area (Å²) in [7, 11) is 5.70. The van der Waals surface area contributed by atoms with Gasteiger partial charge in [0.1, 0.15) is 11.5 Å². The molecular weight excluding hydrogens is 288 g/mol. The Morgan fingerprint density at radius 1 is 1.33 bits per heavy atom. The molecule has 0 saturated carbocycles. The van der Waals surface area contributed by atoms with Gasteiger partial charge in [-0.2, -0.15) is 0 Å². The Morgan fingerprint density at radius 3 is 2.71 bits per heavy atom. The summed E-state index contributed by atoms with van der Waals surface area (Å²) in [5.74, 6) is 1.66. The fraction of sp³-hybridized carbons (Fsp3) is 0.375. The topological polar surface area (TPSA) is 37.6 Å². The molecule has 5 heteroatoms. The molecule has 0 aliphatic carbocycles. The first-order chi connectivity index (χ1) is 10.1. The number of hydrogen-bond acceptors (Lipinski definition) is 4. The third-order valence-electron chi connectivity index (χ3n) is 3.38. The second-order valence-corrected chi connectivity index (χ2v) is 5.50. The lowest BCUT2D eigenvalue weighted by molar-refractivity contribution is 0.250. The zero-order chi connectivity index (χ0) is 15.2. The third kappa shape index (κ3) is 4.24. The highest BCUT2D eigenvalue weighted by Gasteiger charge is 2.16. The Labute approximate surface area is 130 Å². The first-order valence-corrected chi connectivity index (χ1v) is 7.22. The lowest BCUT2D eigenvalue weighted by atomic mass is 10.2. The van der Waals surface area contributed by atoms with Gasteiger partial charge >= 0.3 is 0 Å². The van der Waals surface area contributed by atoms with Crippen LogP contribution in [0.3, 0.4) is 0 Å². The van der Waals surface area contributed by atoms with Crippen molar-refractivity contribution in [1.82, 2.24) is 10.2 Å². The quantitative estimate of drug-likeness (QED) is 0.851. The fourth-order valence-electron chi connectivity index (χ4n) is 2.19. The van der Waals surface area contributed by atoms with Crippen LogP contribution in [-0.2, 0) is 6.54 Å². The van der Waals surface area contributed by atoms with Crippen molar-refractivity contribution in [1.29, 1.82) is 0 Å². The molecule has 1 unspecified atom stereocenters. The Balaban J connectivity index is 1.92. The molecule has 0 radical (unpaired) electrons. The molecule has 1 atom stereocenters. The van der Waals surface area contributed by atoms with E-state index in [0.717, 1.165) is 24.4 Å². The van der Waals surface area contributed by atoms with Crippen LogP contribution in [0, 0.1) is 0 Å². The average molecular weight is 309 g/mol. The number of benzene rings is 1. The Bertz CT molecular complexity index is 555. The average Bonchev–Trinajstić information content (AvgIpc) is 2.97. The van der Waals surface area contributed by atoms with Crippen molar-refractivity contribution >= 4 is 11.6 Å². The van der Waals surface area contributed by atoms with Gasteiger partial charge in [0.15, 0.2) is 0 Å². The number of ether oxygens (including phenoxy) is 1. The van der Waals surface area contributed by atoms with Gasteiger partial charge in [-0.05, 0) is 43.9 Å². The molecule has 0 aliphatic rings. The van der Waals surface area contributed by atoms with E-state index in [-0.39, 0.29) is 6.04 Å². The van der Waals surface area contributed by atoms with Crippen molar-refractivity contribution in [3.8, 4) is 5.75 Å². The molecule has 0 amide bonds. The smallest absolute Gasteiger partial charge is 0.137 e. The molecule has 1 N–H and O–H groups in total. The summed E-state index contributed by atoms with van der Waals surface area (Å²) in [5.41, 5.74) is 1.12. The van der Waals surface area contributed by atoms with Crippen molar-refractivity contribution in [3.05, 3.63) is 52.9 Å². The van der Waals surface area contributed by atoms with Crippen molar-refractivity contribution in [2.45, 2.75) is 12.6 Å². The summed E-state index contributed by atoms with van der Waals surface area (Å²) in [5, 5.41) is 4.07. The molecule has 1 aromatic heterocycles. The predicted octanol–water partition coefficient (Wildman–Crippen LogP) is 3.33. The summed E-state index contributed by atoms with van der Waals surface area (Å²) in [4.78, 5) is 2.13. The number of likely N-dealkylation sites (N-methyl/N-ethyl adjacent to an activating group) is 1. The molecule has 1 heterocycles. The maximum absolute atomic E-state index is 6.13. The highest BCUT2D eigenvalue weighted by molar-refractivity contribution is 6.32. The lowest BCUT2D eigenvalue weighted by Gasteiger charge is -2.22. The minimum atomic E-state index is 0.203. The number of nitrogens with zero attached hydrogens (tertiary/aromatic N) is 1. The maximum atomic E-state index is 6.13. The molecule has 0 aliphatic heterocycles. The second kappa shape index (κ2) is 7.50. The number of furan rings is 1. The van der Waals surface area contributed by atoms with Crippen molar-refractivity contribution < 1.29 is 9.15 Å². The highest BCUT2D eigenvalue weighted by atomic mass is 35.5. The molecule has 0 bridgehead atoms. The largest absolute Gasteiger partial charge is 0.495 e. The van der Waals surface area contributed by atoms with E-state index in [4.69, 9.17) is 20.8 Å². The molecule has 0 saturated heterocycles. The van der Waals surface area contributed by atoms with Gasteiger partial charge in [-0.25, -0.2) is 0 Å². The van der Waals surface area contributed by atoms with Gasteiger partial charge in [0.25, 0.3) is 0 Å². The van der Waals surface area contributed by atoms with Gasteiger partial charge in [0.05, 0.1) is 24.4 Å². The van der Waals surface area contributed by atoms with Crippen LogP contribution in [0.5, 0.6) is 5.75 Å². The van der Waals surface area contributed by atoms with Crippen LogP contribution in [0.2, 0.25) is 5.02 Å². The summed E-state index contributed by atoms with van der Waals surface area (Å²) >= 11 is 6.13. The number of halogens is 1. The van der Waals surface area contributed by atoms with Crippen LogP contribution < -0.4 is 10.1 Å². The van der Waals surface area contributed by atoms with E-state index in [2.05, 4.69) is 10.2 Å². The van der Waals surface area contributed by atoms with Crippen LogP contribution in [-0.4, -0.2) is 32.6 Å². The standard InChI is InChI=1S/C16H21ClN2O2/c1-19(2)14(16-5-4-8-21-16)11-18-10-12-6-7-15(20-3)13(17)9-12/h4-9,14,18H,10-11H2,1-3H3. The molecule has 21 heavy (non-hydrogen) atoms. The van der Waals surface area contributed by atoms with Crippen LogP contribution in [0.1, 0.15) is 17.4 Å². The van der Waals surface area contributed by atoms with Gasteiger partial charge in [-0.15, -0.1) is 0 Å². The zero-order valence-corrected chi connectivity index (χ0v) is 13.4. The molecule has 2 rings (SSSR count). The van der Waals surface area contributed by atoms with Crippen molar-refractivity contribution in [2.75, 3.05) is 27.7 Å². The molecule has 114 valence electrons. The monoisotopic (exact) mass is 308 g/mol. The van der Waals surface area contributed by atoms with Crippen LogP contribution in [0.15, 0.2) is 41.0 Å².